The molecule has 88 valence electrons. The zero-order valence-corrected chi connectivity index (χ0v) is 10.4. The van der Waals surface area contributed by atoms with Crippen LogP contribution in [0.5, 0.6) is 0 Å². The lowest BCUT2D eigenvalue weighted by atomic mass is 10.1. The highest BCUT2D eigenvalue weighted by atomic mass is 32.2. The summed E-state index contributed by atoms with van der Waals surface area (Å²) >= 11 is 0. The van der Waals surface area contributed by atoms with Crippen LogP contribution < -0.4 is 4.72 Å². The molecule has 0 aromatic heterocycles. The third kappa shape index (κ3) is 2.68. The lowest BCUT2D eigenvalue weighted by molar-refractivity contribution is -0.106. The van der Waals surface area contributed by atoms with E-state index in [0.29, 0.717) is 17.4 Å². The molecule has 1 N–H and O–H groups in total. The molecule has 0 unspecified atom stereocenters. The van der Waals surface area contributed by atoms with Crippen LogP contribution in [0.15, 0.2) is 17.0 Å². The molecule has 0 spiro atoms. The van der Waals surface area contributed by atoms with Gasteiger partial charge in [-0.05, 0) is 31.9 Å². The summed E-state index contributed by atoms with van der Waals surface area (Å²) in [6.45, 7) is 5.20. The second-order valence-electron chi connectivity index (χ2n) is 3.75. The molecule has 0 aliphatic carbocycles. The molecule has 1 aromatic rings. The Hall–Kier alpha value is -1.20. The normalized spacial score (nSPS) is 11.4. The van der Waals surface area contributed by atoms with Gasteiger partial charge in [0, 0.05) is 0 Å². The van der Waals surface area contributed by atoms with Crippen LogP contribution in [-0.4, -0.2) is 21.2 Å². The number of aryl methyl sites for hydroxylation is 3. The summed E-state index contributed by atoms with van der Waals surface area (Å²) in [5, 5.41) is 0. The second kappa shape index (κ2) is 4.76. The first kappa shape index (κ1) is 12.9. The zero-order chi connectivity index (χ0) is 12.3. The molecule has 0 aliphatic rings. The van der Waals surface area contributed by atoms with Crippen molar-refractivity contribution in [2.24, 2.45) is 0 Å². The number of carbonyl (C=O) groups excluding carboxylic acids is 1. The average molecular weight is 241 g/mol. The molecule has 0 heterocycles. The summed E-state index contributed by atoms with van der Waals surface area (Å²) in [5.41, 5.74) is 2.40. The molecule has 1 rings (SSSR count). The Morgan fingerprint density at radius 1 is 1.19 bits per heavy atom. The van der Waals surface area contributed by atoms with E-state index in [9.17, 15) is 13.2 Å². The van der Waals surface area contributed by atoms with Gasteiger partial charge in [-0.1, -0.05) is 17.7 Å². The van der Waals surface area contributed by atoms with Crippen molar-refractivity contribution in [3.8, 4) is 0 Å². The average Bonchev–Trinajstić information content (AvgIpc) is 2.12. The fourth-order valence-electron chi connectivity index (χ4n) is 1.81. The van der Waals surface area contributed by atoms with Crippen molar-refractivity contribution in [2.75, 3.05) is 6.54 Å². The number of aldehydes is 1. The van der Waals surface area contributed by atoms with Gasteiger partial charge in [0.25, 0.3) is 0 Å². The minimum Gasteiger partial charge on any atom is -0.302 e. The van der Waals surface area contributed by atoms with Gasteiger partial charge in [0.2, 0.25) is 10.0 Å². The van der Waals surface area contributed by atoms with Crippen LogP contribution in [0.25, 0.3) is 0 Å². The summed E-state index contributed by atoms with van der Waals surface area (Å²) in [4.78, 5) is 10.4. The van der Waals surface area contributed by atoms with E-state index in [-0.39, 0.29) is 11.4 Å². The smallest absolute Gasteiger partial charge is 0.241 e. The molecule has 0 fully saturated rings. The van der Waals surface area contributed by atoms with Gasteiger partial charge < -0.3 is 4.79 Å². The third-order valence-electron chi connectivity index (χ3n) is 2.23. The number of hydrogen-bond donors (Lipinski definition) is 1. The minimum atomic E-state index is -3.58. The number of benzene rings is 1. The van der Waals surface area contributed by atoms with Gasteiger partial charge in [-0.15, -0.1) is 0 Å². The second-order valence-corrected chi connectivity index (χ2v) is 5.45. The Labute approximate surface area is 95.7 Å². The summed E-state index contributed by atoms with van der Waals surface area (Å²) in [6, 6.07) is 3.62. The van der Waals surface area contributed by atoms with Crippen molar-refractivity contribution in [3.05, 3.63) is 28.8 Å². The topological polar surface area (TPSA) is 63.2 Å². The highest BCUT2D eigenvalue weighted by Crippen LogP contribution is 2.21. The number of nitrogens with one attached hydrogen (secondary N) is 1. The van der Waals surface area contributed by atoms with Crippen molar-refractivity contribution < 1.29 is 13.2 Å². The van der Waals surface area contributed by atoms with Gasteiger partial charge in [0.1, 0.15) is 6.29 Å². The summed E-state index contributed by atoms with van der Waals surface area (Å²) < 4.78 is 26.0. The Morgan fingerprint density at radius 3 is 2.12 bits per heavy atom. The van der Waals surface area contributed by atoms with Crippen molar-refractivity contribution in [3.63, 3.8) is 0 Å². The fourth-order valence-corrected chi connectivity index (χ4v) is 3.20. The number of hydrogen-bond acceptors (Lipinski definition) is 3. The molecule has 0 radical (unpaired) electrons. The van der Waals surface area contributed by atoms with E-state index in [1.807, 2.05) is 19.1 Å². The van der Waals surface area contributed by atoms with Crippen molar-refractivity contribution in [1.82, 2.24) is 4.72 Å². The van der Waals surface area contributed by atoms with Crippen LogP contribution in [0.4, 0.5) is 0 Å². The Kier molecular flexibility index (Phi) is 3.83. The molecular formula is C11H15NO3S. The van der Waals surface area contributed by atoms with Crippen molar-refractivity contribution >= 4 is 16.3 Å². The van der Waals surface area contributed by atoms with E-state index in [1.54, 1.807) is 13.8 Å². The number of carbonyl (C=O) groups is 1. The lowest BCUT2D eigenvalue weighted by Crippen LogP contribution is -2.26. The Bertz CT molecular complexity index is 483. The van der Waals surface area contributed by atoms with Crippen LogP contribution in [0.3, 0.4) is 0 Å². The lowest BCUT2D eigenvalue weighted by Gasteiger charge is -2.11. The molecule has 0 saturated heterocycles. The van der Waals surface area contributed by atoms with E-state index in [2.05, 4.69) is 4.72 Å². The third-order valence-corrected chi connectivity index (χ3v) is 3.96. The van der Waals surface area contributed by atoms with Gasteiger partial charge in [0.05, 0.1) is 11.4 Å². The highest BCUT2D eigenvalue weighted by Gasteiger charge is 2.18. The predicted molar refractivity (Wildman–Crippen MR) is 61.9 cm³/mol. The quantitative estimate of drug-likeness (QED) is 0.803. The van der Waals surface area contributed by atoms with E-state index in [4.69, 9.17) is 0 Å². The van der Waals surface area contributed by atoms with Gasteiger partial charge in [0.15, 0.2) is 0 Å². The van der Waals surface area contributed by atoms with Gasteiger partial charge in [-0.2, -0.15) is 0 Å². The van der Waals surface area contributed by atoms with Gasteiger partial charge >= 0.3 is 0 Å². The monoisotopic (exact) mass is 241 g/mol. The molecule has 16 heavy (non-hydrogen) atoms. The van der Waals surface area contributed by atoms with E-state index < -0.39 is 10.0 Å². The van der Waals surface area contributed by atoms with Crippen LogP contribution in [0, 0.1) is 20.8 Å². The minimum absolute atomic E-state index is 0.199. The maximum absolute atomic E-state index is 11.9. The zero-order valence-electron chi connectivity index (χ0n) is 9.57. The van der Waals surface area contributed by atoms with E-state index in [0.717, 1.165) is 5.56 Å². The van der Waals surface area contributed by atoms with Crippen LogP contribution in [-0.2, 0) is 14.8 Å². The van der Waals surface area contributed by atoms with Crippen LogP contribution in [0.1, 0.15) is 16.7 Å². The summed E-state index contributed by atoms with van der Waals surface area (Å²) in [7, 11) is -3.58. The Balaban J connectivity index is 3.28. The standard InChI is InChI=1S/C11H15NO3S/c1-8-6-9(2)11(10(3)7-8)16(14,15)12-4-5-13/h5-7,12H,4H2,1-3H3. The Morgan fingerprint density at radius 2 is 1.69 bits per heavy atom. The maximum atomic E-state index is 11.9. The van der Waals surface area contributed by atoms with Crippen molar-refractivity contribution in [2.45, 2.75) is 25.7 Å². The molecule has 0 atom stereocenters. The highest BCUT2D eigenvalue weighted by molar-refractivity contribution is 7.89. The molecular weight excluding hydrogens is 226 g/mol. The predicted octanol–water partition coefficient (Wildman–Crippen LogP) is 1.09. The molecule has 1 aromatic carbocycles. The first-order chi connectivity index (χ1) is 7.38. The molecule has 5 heteroatoms. The molecule has 0 bridgehead atoms. The van der Waals surface area contributed by atoms with E-state index >= 15 is 0 Å². The molecule has 0 aliphatic heterocycles. The first-order valence-corrected chi connectivity index (χ1v) is 6.38. The molecule has 0 saturated carbocycles. The molecule has 4 nitrogen and oxygen atoms in total. The van der Waals surface area contributed by atoms with Crippen LogP contribution in [0.2, 0.25) is 0 Å². The van der Waals surface area contributed by atoms with E-state index in [1.165, 1.54) is 0 Å². The fraction of sp³-hybridized carbons (Fsp3) is 0.364. The summed E-state index contributed by atoms with van der Waals surface area (Å²) in [5.74, 6) is 0. The largest absolute Gasteiger partial charge is 0.302 e. The van der Waals surface area contributed by atoms with Gasteiger partial charge in [-0.3, -0.25) is 0 Å². The van der Waals surface area contributed by atoms with Crippen LogP contribution >= 0.6 is 0 Å². The number of rotatable bonds is 4. The van der Waals surface area contributed by atoms with Gasteiger partial charge in [-0.25, -0.2) is 13.1 Å². The SMILES string of the molecule is Cc1cc(C)c(S(=O)(=O)NCC=O)c(C)c1. The summed E-state index contributed by atoms with van der Waals surface area (Å²) in [6.07, 6.45) is 0.524. The molecule has 0 amide bonds. The maximum Gasteiger partial charge on any atom is 0.241 e. The first-order valence-electron chi connectivity index (χ1n) is 4.89. The number of sulfonamides is 1. The van der Waals surface area contributed by atoms with Crippen molar-refractivity contribution in [1.29, 1.82) is 0 Å².